The van der Waals surface area contributed by atoms with Crippen LogP contribution in [0.3, 0.4) is 0 Å². The summed E-state index contributed by atoms with van der Waals surface area (Å²) in [6.07, 6.45) is 2.25. The standard InChI is InChI=1S/C11H11N3O2/c1-8-5-10(16-2)3-4-11(8)14-6-9(7-15)12-13-14/h3-7H,1-2H3. The van der Waals surface area contributed by atoms with Gasteiger partial charge in [-0.3, -0.25) is 4.79 Å². The lowest BCUT2D eigenvalue weighted by Crippen LogP contribution is -1.98. The van der Waals surface area contributed by atoms with Crippen molar-refractivity contribution in [1.29, 1.82) is 0 Å². The van der Waals surface area contributed by atoms with E-state index in [-0.39, 0.29) is 0 Å². The van der Waals surface area contributed by atoms with E-state index in [1.807, 2.05) is 25.1 Å². The number of carbonyl (C=O) groups excluding carboxylic acids is 1. The van der Waals surface area contributed by atoms with Gasteiger partial charge in [-0.1, -0.05) is 5.21 Å². The fraction of sp³-hybridized carbons (Fsp3) is 0.182. The first-order chi connectivity index (χ1) is 7.74. The van der Waals surface area contributed by atoms with Crippen molar-refractivity contribution in [1.82, 2.24) is 15.0 Å². The van der Waals surface area contributed by atoms with E-state index < -0.39 is 0 Å². The number of aromatic nitrogens is 3. The van der Waals surface area contributed by atoms with E-state index in [1.165, 1.54) is 0 Å². The Kier molecular flexibility index (Phi) is 2.68. The minimum absolute atomic E-state index is 0.315. The number of rotatable bonds is 3. The monoisotopic (exact) mass is 217 g/mol. The van der Waals surface area contributed by atoms with Gasteiger partial charge >= 0.3 is 0 Å². The molecule has 0 fully saturated rings. The zero-order valence-corrected chi connectivity index (χ0v) is 9.04. The first-order valence-corrected chi connectivity index (χ1v) is 4.77. The van der Waals surface area contributed by atoms with Crippen molar-refractivity contribution in [2.45, 2.75) is 6.92 Å². The third-order valence-electron chi connectivity index (χ3n) is 2.28. The molecular formula is C11H11N3O2. The van der Waals surface area contributed by atoms with E-state index in [9.17, 15) is 4.79 Å². The smallest absolute Gasteiger partial charge is 0.171 e. The van der Waals surface area contributed by atoms with Crippen LogP contribution in [0.5, 0.6) is 5.75 Å². The highest BCUT2D eigenvalue weighted by Gasteiger charge is 2.05. The molecule has 1 aromatic heterocycles. The van der Waals surface area contributed by atoms with Crippen LogP contribution in [-0.2, 0) is 0 Å². The van der Waals surface area contributed by atoms with Crippen LogP contribution in [0.4, 0.5) is 0 Å². The molecule has 5 nitrogen and oxygen atoms in total. The van der Waals surface area contributed by atoms with Crippen molar-refractivity contribution >= 4 is 6.29 Å². The fourth-order valence-corrected chi connectivity index (χ4v) is 1.46. The lowest BCUT2D eigenvalue weighted by Gasteiger charge is -2.06. The molecule has 0 N–H and O–H groups in total. The number of carbonyl (C=O) groups is 1. The predicted octanol–water partition coefficient (Wildman–Crippen LogP) is 1.40. The molecule has 2 aromatic rings. The number of methoxy groups -OCH3 is 1. The Morgan fingerprint density at radius 2 is 2.25 bits per heavy atom. The molecule has 16 heavy (non-hydrogen) atoms. The minimum atomic E-state index is 0.315. The lowest BCUT2D eigenvalue weighted by molar-refractivity contribution is 0.111. The van der Waals surface area contributed by atoms with Crippen LogP contribution in [0, 0.1) is 6.92 Å². The first-order valence-electron chi connectivity index (χ1n) is 4.77. The molecule has 0 aliphatic carbocycles. The van der Waals surface area contributed by atoms with Crippen LogP contribution in [0.25, 0.3) is 5.69 Å². The van der Waals surface area contributed by atoms with E-state index >= 15 is 0 Å². The summed E-state index contributed by atoms with van der Waals surface area (Å²) >= 11 is 0. The van der Waals surface area contributed by atoms with Crippen LogP contribution in [0.15, 0.2) is 24.4 Å². The van der Waals surface area contributed by atoms with Crippen molar-refractivity contribution in [2.24, 2.45) is 0 Å². The van der Waals surface area contributed by atoms with Crippen molar-refractivity contribution in [3.63, 3.8) is 0 Å². The van der Waals surface area contributed by atoms with Crippen LogP contribution in [0.2, 0.25) is 0 Å². The number of benzene rings is 1. The number of aldehydes is 1. The Balaban J connectivity index is 2.43. The average Bonchev–Trinajstić information content (AvgIpc) is 2.77. The maximum absolute atomic E-state index is 10.5. The lowest BCUT2D eigenvalue weighted by atomic mass is 10.2. The van der Waals surface area contributed by atoms with Crippen LogP contribution >= 0.6 is 0 Å². The molecule has 0 saturated carbocycles. The Hall–Kier alpha value is -2.17. The maximum Gasteiger partial charge on any atom is 0.171 e. The third-order valence-corrected chi connectivity index (χ3v) is 2.28. The van der Waals surface area contributed by atoms with Gasteiger partial charge in [0, 0.05) is 0 Å². The summed E-state index contributed by atoms with van der Waals surface area (Å²) < 4.78 is 6.68. The first kappa shape index (κ1) is 10.4. The zero-order chi connectivity index (χ0) is 11.5. The topological polar surface area (TPSA) is 57.0 Å². The molecule has 82 valence electrons. The molecule has 0 bridgehead atoms. The van der Waals surface area contributed by atoms with Crippen LogP contribution in [0.1, 0.15) is 16.1 Å². The van der Waals surface area contributed by atoms with Gasteiger partial charge in [0.25, 0.3) is 0 Å². The molecule has 0 aliphatic heterocycles. The van der Waals surface area contributed by atoms with Crippen LogP contribution in [-0.4, -0.2) is 28.4 Å². The van der Waals surface area contributed by atoms with E-state index in [1.54, 1.807) is 18.0 Å². The Labute approximate surface area is 92.7 Å². The van der Waals surface area contributed by atoms with Crippen molar-refractivity contribution in [2.75, 3.05) is 7.11 Å². The number of ether oxygens (including phenoxy) is 1. The normalized spacial score (nSPS) is 10.1. The maximum atomic E-state index is 10.5. The second kappa shape index (κ2) is 4.14. The summed E-state index contributed by atoms with van der Waals surface area (Å²) in [6, 6.07) is 5.61. The van der Waals surface area contributed by atoms with Gasteiger partial charge in [-0.05, 0) is 30.7 Å². The van der Waals surface area contributed by atoms with Crippen molar-refractivity contribution < 1.29 is 9.53 Å². The summed E-state index contributed by atoms with van der Waals surface area (Å²) in [5.74, 6) is 0.789. The summed E-state index contributed by atoms with van der Waals surface area (Å²) in [4.78, 5) is 10.5. The van der Waals surface area contributed by atoms with Gasteiger partial charge < -0.3 is 4.74 Å². The molecule has 0 spiro atoms. The molecule has 0 radical (unpaired) electrons. The number of aryl methyl sites for hydroxylation is 1. The molecule has 2 rings (SSSR count). The highest BCUT2D eigenvalue weighted by atomic mass is 16.5. The molecule has 1 heterocycles. The number of nitrogens with zero attached hydrogens (tertiary/aromatic N) is 3. The average molecular weight is 217 g/mol. The molecule has 0 unspecified atom stereocenters. The van der Waals surface area contributed by atoms with Gasteiger partial charge in [-0.2, -0.15) is 0 Å². The number of hydrogen-bond donors (Lipinski definition) is 0. The van der Waals surface area contributed by atoms with Gasteiger partial charge in [-0.15, -0.1) is 5.10 Å². The Morgan fingerprint density at radius 3 is 2.81 bits per heavy atom. The quantitative estimate of drug-likeness (QED) is 0.729. The predicted molar refractivity (Wildman–Crippen MR) is 58.0 cm³/mol. The molecule has 1 aromatic carbocycles. The van der Waals surface area contributed by atoms with Gasteiger partial charge in [-0.25, -0.2) is 4.68 Å². The largest absolute Gasteiger partial charge is 0.497 e. The molecule has 0 saturated heterocycles. The summed E-state index contributed by atoms with van der Waals surface area (Å²) in [7, 11) is 1.62. The van der Waals surface area contributed by atoms with E-state index in [2.05, 4.69) is 10.3 Å². The Bertz CT molecular complexity index is 520. The molecule has 0 atom stereocenters. The summed E-state index contributed by atoms with van der Waals surface area (Å²) in [5, 5.41) is 7.58. The van der Waals surface area contributed by atoms with Crippen LogP contribution < -0.4 is 4.74 Å². The SMILES string of the molecule is COc1ccc(-n2cc(C=O)nn2)c(C)c1. The Morgan fingerprint density at radius 1 is 1.44 bits per heavy atom. The molecular weight excluding hydrogens is 206 g/mol. The second-order valence-electron chi connectivity index (χ2n) is 3.36. The second-order valence-corrected chi connectivity index (χ2v) is 3.36. The highest BCUT2D eigenvalue weighted by Crippen LogP contribution is 2.19. The summed E-state index contributed by atoms with van der Waals surface area (Å²) in [6.45, 7) is 1.94. The molecule has 0 amide bonds. The summed E-state index contributed by atoms with van der Waals surface area (Å²) in [5.41, 5.74) is 2.19. The van der Waals surface area contributed by atoms with Crippen molar-refractivity contribution in [3.05, 3.63) is 35.7 Å². The highest BCUT2D eigenvalue weighted by molar-refractivity contribution is 5.70. The third kappa shape index (κ3) is 1.79. The van der Waals surface area contributed by atoms with Gasteiger partial charge in [0.2, 0.25) is 0 Å². The van der Waals surface area contributed by atoms with E-state index in [4.69, 9.17) is 4.74 Å². The molecule has 0 aliphatic rings. The fourth-order valence-electron chi connectivity index (χ4n) is 1.46. The van der Waals surface area contributed by atoms with E-state index in [0.717, 1.165) is 17.0 Å². The van der Waals surface area contributed by atoms with Crippen molar-refractivity contribution in [3.8, 4) is 11.4 Å². The zero-order valence-electron chi connectivity index (χ0n) is 9.04. The molecule has 5 heteroatoms. The number of hydrogen-bond acceptors (Lipinski definition) is 4. The van der Waals surface area contributed by atoms with Gasteiger partial charge in [0.05, 0.1) is 19.0 Å². The van der Waals surface area contributed by atoms with Gasteiger partial charge in [0.1, 0.15) is 11.4 Å². The minimum Gasteiger partial charge on any atom is -0.497 e. The van der Waals surface area contributed by atoms with E-state index in [0.29, 0.717) is 12.0 Å². The van der Waals surface area contributed by atoms with Gasteiger partial charge in [0.15, 0.2) is 6.29 Å².